The minimum atomic E-state index is 0.349. The van der Waals surface area contributed by atoms with Gasteiger partial charge in [0.25, 0.3) is 0 Å². The second kappa shape index (κ2) is 4.49. The van der Waals surface area contributed by atoms with Crippen molar-refractivity contribution < 1.29 is 0 Å². The Morgan fingerprint density at radius 3 is 2.60 bits per heavy atom. The van der Waals surface area contributed by atoms with Crippen molar-refractivity contribution in [2.24, 2.45) is 28.1 Å². The lowest BCUT2D eigenvalue weighted by atomic mass is 9.46. The lowest BCUT2D eigenvalue weighted by molar-refractivity contribution is -0.0153. The zero-order valence-electron chi connectivity index (χ0n) is 14.0. The quantitative estimate of drug-likeness (QED) is 0.503. The molecule has 20 heavy (non-hydrogen) atoms. The van der Waals surface area contributed by atoms with Gasteiger partial charge >= 0.3 is 0 Å². The van der Waals surface area contributed by atoms with Crippen molar-refractivity contribution in [1.29, 1.82) is 0 Å². The van der Waals surface area contributed by atoms with Crippen LogP contribution in [0.3, 0.4) is 0 Å². The fourth-order valence-electron chi connectivity index (χ4n) is 5.93. The monoisotopic (exact) mass is 272 g/mol. The standard InChI is InChI=1S/C20H32/c1-6-19(4)13-10-16-15(14-19)8-9-17-18(2,3)11-7-12-20(16,17)5/h6,10,15,17H,1,7-9,11-14H2,2-5H3/t15?,17?,19-,20+/m0/s1. The molecule has 0 saturated heterocycles. The topological polar surface area (TPSA) is 0 Å². The molecule has 2 saturated carbocycles. The van der Waals surface area contributed by atoms with Gasteiger partial charge in [-0.15, -0.1) is 6.58 Å². The smallest absolute Gasteiger partial charge is 0.00803 e. The SMILES string of the molecule is C=C[C@@]1(C)CC=C2C(CCC3C(C)(C)CCC[C@]23C)C1. The summed E-state index contributed by atoms with van der Waals surface area (Å²) in [6.07, 6.45) is 14.5. The van der Waals surface area contributed by atoms with Gasteiger partial charge in [-0.1, -0.05) is 51.8 Å². The third kappa shape index (κ3) is 2.02. The van der Waals surface area contributed by atoms with E-state index in [1.54, 1.807) is 0 Å². The fourth-order valence-corrected chi connectivity index (χ4v) is 5.93. The molecule has 3 aliphatic rings. The molecule has 0 aromatic carbocycles. The summed E-state index contributed by atoms with van der Waals surface area (Å²) in [6, 6.07) is 0. The van der Waals surface area contributed by atoms with Crippen molar-refractivity contribution in [2.45, 2.75) is 72.6 Å². The highest BCUT2D eigenvalue weighted by Crippen LogP contribution is 2.63. The molecule has 0 radical (unpaired) electrons. The molecule has 3 aliphatic carbocycles. The Balaban J connectivity index is 1.96. The van der Waals surface area contributed by atoms with E-state index in [9.17, 15) is 0 Å². The molecule has 112 valence electrons. The van der Waals surface area contributed by atoms with E-state index in [2.05, 4.69) is 46.4 Å². The lowest BCUT2D eigenvalue weighted by Gasteiger charge is -2.58. The lowest BCUT2D eigenvalue weighted by Crippen LogP contribution is -2.49. The Bertz CT molecular complexity index is 441. The Hall–Kier alpha value is -0.520. The van der Waals surface area contributed by atoms with Crippen LogP contribution in [0, 0.1) is 28.1 Å². The van der Waals surface area contributed by atoms with Crippen LogP contribution in [0.5, 0.6) is 0 Å². The van der Waals surface area contributed by atoms with Crippen LogP contribution >= 0.6 is 0 Å². The predicted molar refractivity (Wildman–Crippen MR) is 87.6 cm³/mol. The van der Waals surface area contributed by atoms with Crippen LogP contribution in [0.2, 0.25) is 0 Å². The second-order valence-corrected chi connectivity index (χ2v) is 9.01. The number of hydrogen-bond acceptors (Lipinski definition) is 0. The fraction of sp³-hybridized carbons (Fsp3) is 0.800. The maximum Gasteiger partial charge on any atom is -0.00803 e. The number of rotatable bonds is 1. The van der Waals surface area contributed by atoms with Crippen LogP contribution < -0.4 is 0 Å². The van der Waals surface area contributed by atoms with Gasteiger partial charge in [-0.2, -0.15) is 0 Å². The first kappa shape index (κ1) is 14.4. The first-order valence-electron chi connectivity index (χ1n) is 8.65. The molecule has 0 aromatic heterocycles. The predicted octanol–water partition coefficient (Wildman–Crippen LogP) is 6.14. The van der Waals surface area contributed by atoms with Crippen molar-refractivity contribution in [2.75, 3.05) is 0 Å². The van der Waals surface area contributed by atoms with E-state index < -0.39 is 0 Å². The maximum atomic E-state index is 4.09. The summed E-state index contributed by atoms with van der Waals surface area (Å²) < 4.78 is 0. The summed E-state index contributed by atoms with van der Waals surface area (Å²) in [5.74, 6) is 1.74. The van der Waals surface area contributed by atoms with Gasteiger partial charge in [-0.3, -0.25) is 0 Å². The number of allylic oxidation sites excluding steroid dienone is 3. The minimum Gasteiger partial charge on any atom is -0.103 e. The van der Waals surface area contributed by atoms with Crippen LogP contribution in [-0.2, 0) is 0 Å². The first-order chi connectivity index (χ1) is 9.31. The van der Waals surface area contributed by atoms with E-state index in [-0.39, 0.29) is 0 Å². The number of fused-ring (bicyclic) bond motifs is 3. The molecular formula is C20H32. The largest absolute Gasteiger partial charge is 0.103 e. The summed E-state index contributed by atoms with van der Waals surface area (Å²) in [5, 5.41) is 0. The Morgan fingerprint density at radius 1 is 1.15 bits per heavy atom. The molecule has 3 rings (SSSR count). The molecule has 2 fully saturated rings. The minimum absolute atomic E-state index is 0.349. The second-order valence-electron chi connectivity index (χ2n) is 9.01. The highest BCUT2D eigenvalue weighted by molar-refractivity contribution is 5.28. The summed E-state index contributed by atoms with van der Waals surface area (Å²) in [6.45, 7) is 14.1. The van der Waals surface area contributed by atoms with Crippen LogP contribution in [0.15, 0.2) is 24.3 Å². The van der Waals surface area contributed by atoms with Crippen molar-refractivity contribution >= 4 is 0 Å². The van der Waals surface area contributed by atoms with E-state index in [1.165, 1.54) is 44.9 Å². The average Bonchev–Trinajstić information content (AvgIpc) is 2.37. The van der Waals surface area contributed by atoms with Crippen LogP contribution in [0.25, 0.3) is 0 Å². The van der Waals surface area contributed by atoms with Crippen molar-refractivity contribution in [3.8, 4) is 0 Å². The average molecular weight is 272 g/mol. The van der Waals surface area contributed by atoms with Crippen LogP contribution in [0.4, 0.5) is 0 Å². The van der Waals surface area contributed by atoms with Gasteiger partial charge < -0.3 is 0 Å². The third-order valence-corrected chi connectivity index (χ3v) is 7.13. The van der Waals surface area contributed by atoms with Gasteiger partial charge in [0, 0.05) is 0 Å². The molecule has 4 atom stereocenters. The van der Waals surface area contributed by atoms with Crippen molar-refractivity contribution in [3.05, 3.63) is 24.3 Å². The first-order valence-corrected chi connectivity index (χ1v) is 8.65. The van der Waals surface area contributed by atoms with E-state index in [0.29, 0.717) is 16.2 Å². The van der Waals surface area contributed by atoms with Gasteiger partial charge in [0.2, 0.25) is 0 Å². The number of hydrogen-bond donors (Lipinski definition) is 0. The van der Waals surface area contributed by atoms with Crippen LogP contribution in [0.1, 0.15) is 72.6 Å². The van der Waals surface area contributed by atoms with Gasteiger partial charge in [-0.25, -0.2) is 0 Å². The summed E-state index contributed by atoms with van der Waals surface area (Å²) in [5.41, 5.74) is 3.22. The molecule has 0 aromatic rings. The summed E-state index contributed by atoms with van der Waals surface area (Å²) in [4.78, 5) is 0. The van der Waals surface area contributed by atoms with E-state index >= 15 is 0 Å². The van der Waals surface area contributed by atoms with Crippen molar-refractivity contribution in [3.63, 3.8) is 0 Å². The normalized spacial score (nSPS) is 46.9. The Kier molecular flexibility index (Phi) is 3.23. The molecule has 0 amide bonds. The van der Waals surface area contributed by atoms with E-state index in [1.807, 2.05) is 5.57 Å². The highest BCUT2D eigenvalue weighted by atomic mass is 14.6. The van der Waals surface area contributed by atoms with Crippen molar-refractivity contribution in [1.82, 2.24) is 0 Å². The molecule has 0 heteroatoms. The molecule has 0 nitrogen and oxygen atoms in total. The van der Waals surface area contributed by atoms with Crippen LogP contribution in [-0.4, -0.2) is 0 Å². The van der Waals surface area contributed by atoms with E-state index in [0.717, 1.165) is 11.8 Å². The summed E-state index contributed by atoms with van der Waals surface area (Å²) >= 11 is 0. The van der Waals surface area contributed by atoms with Gasteiger partial charge in [0.05, 0.1) is 0 Å². The highest BCUT2D eigenvalue weighted by Gasteiger charge is 2.53. The molecule has 0 N–H and O–H groups in total. The molecule has 2 unspecified atom stereocenters. The Labute approximate surface area is 125 Å². The molecule has 0 heterocycles. The molecular weight excluding hydrogens is 240 g/mol. The Morgan fingerprint density at radius 2 is 1.90 bits per heavy atom. The molecule has 0 bridgehead atoms. The zero-order valence-corrected chi connectivity index (χ0v) is 14.0. The molecule has 0 aliphatic heterocycles. The maximum absolute atomic E-state index is 4.09. The molecule has 0 spiro atoms. The third-order valence-electron chi connectivity index (χ3n) is 7.13. The summed E-state index contributed by atoms with van der Waals surface area (Å²) in [7, 11) is 0. The van der Waals surface area contributed by atoms with Gasteiger partial charge in [0.1, 0.15) is 0 Å². The van der Waals surface area contributed by atoms with Gasteiger partial charge in [-0.05, 0) is 66.6 Å². The van der Waals surface area contributed by atoms with Gasteiger partial charge in [0.15, 0.2) is 0 Å². The van der Waals surface area contributed by atoms with E-state index in [4.69, 9.17) is 0 Å². The zero-order chi connectivity index (χ0) is 14.6.